The van der Waals surface area contributed by atoms with Crippen LogP contribution in [0.3, 0.4) is 0 Å². The highest BCUT2D eigenvalue weighted by molar-refractivity contribution is 9.10. The van der Waals surface area contributed by atoms with Gasteiger partial charge in [0.15, 0.2) is 0 Å². The molecule has 2 rings (SSSR count). The van der Waals surface area contributed by atoms with E-state index in [0.29, 0.717) is 11.4 Å². The molecule has 0 amide bonds. The maximum Gasteiger partial charge on any atom is 0.123 e. The zero-order valence-electron chi connectivity index (χ0n) is 10.3. The Morgan fingerprint density at radius 2 is 1.90 bits per heavy atom. The van der Waals surface area contributed by atoms with Crippen molar-refractivity contribution >= 4 is 43.5 Å². The lowest BCUT2D eigenvalue weighted by atomic mass is 9.99. The van der Waals surface area contributed by atoms with Crippen LogP contribution < -0.4 is 11.3 Å². The molecule has 3 N–H and O–H groups in total. The summed E-state index contributed by atoms with van der Waals surface area (Å²) < 4.78 is 15.0. The van der Waals surface area contributed by atoms with E-state index in [9.17, 15) is 4.39 Å². The van der Waals surface area contributed by atoms with E-state index < -0.39 is 0 Å². The molecule has 106 valence electrons. The lowest BCUT2D eigenvalue weighted by molar-refractivity contribution is 0.546. The van der Waals surface area contributed by atoms with Crippen molar-refractivity contribution in [2.75, 3.05) is 0 Å². The molecule has 0 aromatic heterocycles. The van der Waals surface area contributed by atoms with Crippen LogP contribution in [0.15, 0.2) is 45.3 Å². The molecule has 0 heterocycles. The fraction of sp³-hybridized carbons (Fsp3) is 0.143. The molecule has 2 nitrogen and oxygen atoms in total. The van der Waals surface area contributed by atoms with Gasteiger partial charge in [-0.2, -0.15) is 0 Å². The molecule has 2 aromatic carbocycles. The molecule has 1 atom stereocenters. The molecule has 0 aliphatic heterocycles. The van der Waals surface area contributed by atoms with Crippen LogP contribution in [0.4, 0.5) is 4.39 Å². The average molecular weight is 423 g/mol. The summed E-state index contributed by atoms with van der Waals surface area (Å²) in [5.41, 5.74) is 4.57. The van der Waals surface area contributed by atoms with Crippen molar-refractivity contribution in [1.82, 2.24) is 5.43 Å². The van der Waals surface area contributed by atoms with Crippen LogP contribution in [0, 0.1) is 5.82 Å². The summed E-state index contributed by atoms with van der Waals surface area (Å²) in [6.07, 6.45) is 0.551. The van der Waals surface area contributed by atoms with E-state index >= 15 is 0 Å². The Morgan fingerprint density at radius 1 is 1.15 bits per heavy atom. The van der Waals surface area contributed by atoms with E-state index in [0.717, 1.165) is 20.1 Å². The second-order valence-corrected chi connectivity index (χ2v) is 6.47. The van der Waals surface area contributed by atoms with E-state index in [1.165, 1.54) is 12.1 Å². The fourth-order valence-electron chi connectivity index (χ4n) is 1.96. The lowest BCUT2D eigenvalue weighted by Crippen LogP contribution is -2.30. The molecule has 0 bridgehead atoms. The number of hydrogen-bond donors (Lipinski definition) is 2. The minimum Gasteiger partial charge on any atom is -0.271 e. The van der Waals surface area contributed by atoms with Gasteiger partial charge in [0.1, 0.15) is 5.82 Å². The first kappa shape index (κ1) is 15.9. The molecule has 20 heavy (non-hydrogen) atoms. The van der Waals surface area contributed by atoms with Crippen molar-refractivity contribution in [3.05, 3.63) is 67.3 Å². The predicted octanol–water partition coefficient (Wildman–Crippen LogP) is 4.75. The third kappa shape index (κ3) is 3.80. The largest absolute Gasteiger partial charge is 0.271 e. The molecule has 0 radical (unpaired) electrons. The van der Waals surface area contributed by atoms with E-state index in [1.807, 2.05) is 12.1 Å². The molecular formula is C14H12Br2ClFN2. The third-order valence-corrected chi connectivity index (χ3v) is 4.67. The highest BCUT2D eigenvalue weighted by atomic mass is 79.9. The van der Waals surface area contributed by atoms with Gasteiger partial charge in [-0.25, -0.2) is 4.39 Å². The van der Waals surface area contributed by atoms with Gasteiger partial charge in [-0.15, -0.1) is 0 Å². The zero-order chi connectivity index (χ0) is 14.7. The van der Waals surface area contributed by atoms with Crippen molar-refractivity contribution in [3.63, 3.8) is 0 Å². The van der Waals surface area contributed by atoms with Gasteiger partial charge in [0.05, 0.1) is 6.04 Å². The highest BCUT2D eigenvalue weighted by Gasteiger charge is 2.16. The van der Waals surface area contributed by atoms with E-state index in [1.54, 1.807) is 12.1 Å². The zero-order valence-corrected chi connectivity index (χ0v) is 14.3. The Morgan fingerprint density at radius 3 is 2.55 bits per heavy atom. The smallest absolute Gasteiger partial charge is 0.123 e. The second-order valence-electron chi connectivity index (χ2n) is 4.32. The summed E-state index contributed by atoms with van der Waals surface area (Å²) in [5, 5.41) is 0.642. The van der Waals surface area contributed by atoms with Crippen molar-refractivity contribution in [2.45, 2.75) is 12.5 Å². The normalized spacial score (nSPS) is 12.4. The van der Waals surface area contributed by atoms with Crippen LogP contribution in [0.1, 0.15) is 17.2 Å². The lowest BCUT2D eigenvalue weighted by Gasteiger charge is -2.19. The maximum atomic E-state index is 13.3. The second kappa shape index (κ2) is 7.00. The monoisotopic (exact) mass is 420 g/mol. The number of benzene rings is 2. The summed E-state index contributed by atoms with van der Waals surface area (Å²) in [6, 6.07) is 9.95. The molecule has 0 aliphatic carbocycles. The van der Waals surface area contributed by atoms with Gasteiger partial charge in [-0.1, -0.05) is 49.5 Å². The minimum atomic E-state index is -0.269. The number of rotatable bonds is 4. The van der Waals surface area contributed by atoms with Gasteiger partial charge < -0.3 is 0 Å². The molecule has 1 unspecified atom stereocenters. The van der Waals surface area contributed by atoms with Crippen LogP contribution in [-0.4, -0.2) is 0 Å². The molecule has 0 saturated carbocycles. The first-order valence-electron chi connectivity index (χ1n) is 5.86. The summed E-state index contributed by atoms with van der Waals surface area (Å²) in [5.74, 6) is 5.37. The van der Waals surface area contributed by atoms with Gasteiger partial charge in [0, 0.05) is 14.0 Å². The minimum absolute atomic E-state index is 0.153. The van der Waals surface area contributed by atoms with Crippen LogP contribution >= 0.6 is 43.5 Å². The Bertz CT molecular complexity index is 622. The Kier molecular flexibility index (Phi) is 5.57. The van der Waals surface area contributed by atoms with E-state index in [4.69, 9.17) is 17.4 Å². The molecule has 0 fully saturated rings. The van der Waals surface area contributed by atoms with E-state index in [2.05, 4.69) is 37.3 Å². The van der Waals surface area contributed by atoms with Crippen LogP contribution in [-0.2, 0) is 6.42 Å². The molecule has 6 heteroatoms. The first-order chi connectivity index (χ1) is 9.51. The maximum absolute atomic E-state index is 13.3. The topological polar surface area (TPSA) is 38.0 Å². The fourth-order valence-corrected chi connectivity index (χ4v) is 3.33. The number of hydrogen-bond acceptors (Lipinski definition) is 2. The van der Waals surface area contributed by atoms with Crippen molar-refractivity contribution in [3.8, 4) is 0 Å². The molecule has 2 aromatic rings. The van der Waals surface area contributed by atoms with Gasteiger partial charge in [-0.05, 0) is 47.9 Å². The molecule has 0 aliphatic rings. The van der Waals surface area contributed by atoms with Crippen LogP contribution in [0.25, 0.3) is 0 Å². The summed E-state index contributed by atoms with van der Waals surface area (Å²) in [6.45, 7) is 0. The standard InChI is InChI=1S/C14H12Br2ClFN2/c15-12-4-2-10(18)5-8(12)6-14(20-19)11-3-1-9(17)7-13(11)16/h1-5,7,14,20H,6,19H2. The summed E-state index contributed by atoms with van der Waals surface area (Å²) in [4.78, 5) is 0. The number of nitrogens with one attached hydrogen (secondary N) is 1. The number of halogens is 4. The van der Waals surface area contributed by atoms with Crippen molar-refractivity contribution in [1.29, 1.82) is 0 Å². The number of hydrazine groups is 1. The van der Waals surface area contributed by atoms with Gasteiger partial charge >= 0.3 is 0 Å². The molecule has 0 spiro atoms. The van der Waals surface area contributed by atoms with Gasteiger partial charge in [-0.3, -0.25) is 11.3 Å². The molecular weight excluding hydrogens is 410 g/mol. The first-order valence-corrected chi connectivity index (χ1v) is 7.82. The molecule has 0 saturated heterocycles. The summed E-state index contributed by atoms with van der Waals surface area (Å²) >= 11 is 12.8. The number of nitrogens with two attached hydrogens (primary N) is 1. The van der Waals surface area contributed by atoms with Crippen molar-refractivity contribution < 1.29 is 4.39 Å². The average Bonchev–Trinajstić information content (AvgIpc) is 2.40. The Labute approximate surface area is 138 Å². The summed E-state index contributed by atoms with van der Waals surface area (Å²) in [7, 11) is 0. The highest BCUT2D eigenvalue weighted by Crippen LogP contribution is 2.30. The quantitative estimate of drug-likeness (QED) is 0.551. The van der Waals surface area contributed by atoms with E-state index in [-0.39, 0.29) is 11.9 Å². The third-order valence-electron chi connectivity index (χ3n) is 2.97. The SMILES string of the molecule is NNC(Cc1cc(F)ccc1Br)c1ccc(Cl)cc1Br. The van der Waals surface area contributed by atoms with Crippen molar-refractivity contribution in [2.24, 2.45) is 5.84 Å². The van der Waals surface area contributed by atoms with Gasteiger partial charge in [0.25, 0.3) is 0 Å². The van der Waals surface area contributed by atoms with Gasteiger partial charge in [0.2, 0.25) is 0 Å². The Hall–Kier alpha value is -0.460. The van der Waals surface area contributed by atoms with Crippen LogP contribution in [0.5, 0.6) is 0 Å². The Balaban J connectivity index is 2.31. The van der Waals surface area contributed by atoms with Crippen LogP contribution in [0.2, 0.25) is 5.02 Å². The predicted molar refractivity (Wildman–Crippen MR) is 87.0 cm³/mol.